The van der Waals surface area contributed by atoms with E-state index in [1.165, 1.54) is 4.40 Å². The number of aromatic nitrogens is 2. The van der Waals surface area contributed by atoms with Crippen molar-refractivity contribution in [1.29, 1.82) is 21.0 Å². The average molecular weight is 422 g/mol. The van der Waals surface area contributed by atoms with Crippen LogP contribution in [-0.2, 0) is 0 Å². The van der Waals surface area contributed by atoms with Gasteiger partial charge in [0.2, 0.25) is 0 Å². The van der Waals surface area contributed by atoms with Crippen LogP contribution in [0.4, 0.5) is 0 Å². The van der Waals surface area contributed by atoms with E-state index < -0.39 is 0 Å². The third-order valence-electron chi connectivity index (χ3n) is 5.55. The molecule has 0 atom stereocenters. The number of nitriles is 4. The molecular weight excluding hydrogens is 412 g/mol. The lowest BCUT2D eigenvalue weighted by molar-refractivity contribution is 1.14. The Balaban J connectivity index is 1.93. The minimum atomic E-state index is -0.346. The summed E-state index contributed by atoms with van der Waals surface area (Å²) >= 11 is 0. The van der Waals surface area contributed by atoms with Crippen molar-refractivity contribution in [3.8, 4) is 35.4 Å². The third kappa shape index (κ3) is 2.87. The van der Waals surface area contributed by atoms with Gasteiger partial charge in [0.1, 0.15) is 17.7 Å². The highest BCUT2D eigenvalue weighted by atomic mass is 16.1. The number of rotatable bonds is 1. The molecule has 7 heteroatoms. The standard InChI is InChI=1S/C26H10N6O/c27-11-15-1-4-17(5-2-15)18-6-7-22-20(10-18)26(33)32-23-8-3-16(12-28)9-21(23)24(25(32)31-22)19(13-29)14-30/h1-10H. The van der Waals surface area contributed by atoms with E-state index in [1.807, 2.05) is 36.4 Å². The summed E-state index contributed by atoms with van der Waals surface area (Å²) in [7, 11) is 0. The molecule has 5 rings (SSSR count). The van der Waals surface area contributed by atoms with Crippen LogP contribution in [0.1, 0.15) is 11.1 Å². The van der Waals surface area contributed by atoms with Gasteiger partial charge in [-0.3, -0.25) is 9.20 Å². The second-order valence-electron chi connectivity index (χ2n) is 7.31. The topological polar surface area (TPSA) is 130 Å². The predicted octanol–water partition coefficient (Wildman–Crippen LogP) is 3.33. The molecule has 2 aromatic heterocycles. The fraction of sp³-hybridized carbons (Fsp3) is 0. The van der Waals surface area contributed by atoms with Crippen molar-refractivity contribution in [3.05, 3.63) is 87.4 Å². The number of benzene rings is 3. The van der Waals surface area contributed by atoms with Crippen LogP contribution >= 0.6 is 0 Å². The van der Waals surface area contributed by atoms with Gasteiger partial charge in [0.15, 0.2) is 5.65 Å². The first-order valence-electron chi connectivity index (χ1n) is 9.76. The molecule has 150 valence electrons. The number of nitrogens with zero attached hydrogens (tertiary/aromatic N) is 6. The molecule has 0 saturated heterocycles. The van der Waals surface area contributed by atoms with Gasteiger partial charge >= 0.3 is 0 Å². The van der Waals surface area contributed by atoms with Gasteiger partial charge in [0, 0.05) is 5.39 Å². The van der Waals surface area contributed by atoms with Gasteiger partial charge in [-0.15, -0.1) is 0 Å². The van der Waals surface area contributed by atoms with Gasteiger partial charge in [-0.05, 0) is 53.6 Å². The monoisotopic (exact) mass is 422 g/mol. The fourth-order valence-corrected chi connectivity index (χ4v) is 4.00. The van der Waals surface area contributed by atoms with Crippen LogP contribution in [-0.4, -0.2) is 9.38 Å². The summed E-state index contributed by atoms with van der Waals surface area (Å²) in [5.74, 6) is 0. The van der Waals surface area contributed by atoms with Crippen LogP contribution in [0.25, 0.3) is 44.2 Å². The zero-order valence-electron chi connectivity index (χ0n) is 16.9. The lowest BCUT2D eigenvalue weighted by atomic mass is 10.0. The Morgan fingerprint density at radius 3 is 2.09 bits per heavy atom. The van der Waals surface area contributed by atoms with Gasteiger partial charge < -0.3 is 0 Å². The Kier molecular flexibility index (Phi) is 4.32. The number of hydrogen-bond donors (Lipinski definition) is 0. The summed E-state index contributed by atoms with van der Waals surface area (Å²) < 4.78 is 1.38. The SMILES string of the molecule is N#CC(C#N)=c1c2cc(C#N)ccc2n2c(=O)c3cc(-c4ccc(C#N)cc4)ccc3nc12. The zero-order valence-corrected chi connectivity index (χ0v) is 16.9. The van der Waals surface area contributed by atoms with Crippen LogP contribution in [0.15, 0.2) is 65.5 Å². The van der Waals surface area contributed by atoms with Crippen LogP contribution < -0.4 is 10.8 Å². The van der Waals surface area contributed by atoms with Crippen molar-refractivity contribution in [2.75, 3.05) is 0 Å². The van der Waals surface area contributed by atoms with E-state index in [1.54, 1.807) is 42.5 Å². The van der Waals surface area contributed by atoms with Crippen molar-refractivity contribution in [2.24, 2.45) is 0 Å². The maximum Gasteiger partial charge on any atom is 0.266 e. The van der Waals surface area contributed by atoms with Gasteiger partial charge in [0.05, 0.1) is 44.9 Å². The van der Waals surface area contributed by atoms with Crippen molar-refractivity contribution in [3.63, 3.8) is 0 Å². The second kappa shape index (κ2) is 7.33. The minimum absolute atomic E-state index is 0.182. The maximum absolute atomic E-state index is 13.6. The fourth-order valence-electron chi connectivity index (χ4n) is 4.00. The zero-order chi connectivity index (χ0) is 23.1. The van der Waals surface area contributed by atoms with Crippen LogP contribution in [0.3, 0.4) is 0 Å². The van der Waals surface area contributed by atoms with Gasteiger partial charge in [-0.25, -0.2) is 4.98 Å². The Labute approximate surface area is 186 Å². The van der Waals surface area contributed by atoms with Crippen molar-refractivity contribution in [1.82, 2.24) is 9.38 Å². The molecule has 0 N–H and O–H groups in total. The Bertz CT molecular complexity index is 1910. The number of fused-ring (bicyclic) bond motifs is 4. The molecule has 3 aromatic carbocycles. The normalized spacial score (nSPS) is 10.4. The van der Waals surface area contributed by atoms with E-state index in [2.05, 4.69) is 11.1 Å². The van der Waals surface area contributed by atoms with E-state index >= 15 is 0 Å². The molecule has 5 aromatic rings. The van der Waals surface area contributed by atoms with Gasteiger partial charge in [0.25, 0.3) is 5.56 Å². The highest BCUT2D eigenvalue weighted by Gasteiger charge is 2.17. The third-order valence-corrected chi connectivity index (χ3v) is 5.55. The van der Waals surface area contributed by atoms with Crippen molar-refractivity contribution >= 4 is 33.0 Å². The molecule has 0 aliphatic rings. The van der Waals surface area contributed by atoms with Gasteiger partial charge in [-0.1, -0.05) is 18.2 Å². The summed E-state index contributed by atoms with van der Waals surface area (Å²) in [5, 5.41) is 38.4. The lowest BCUT2D eigenvalue weighted by Gasteiger charge is -2.05. The summed E-state index contributed by atoms with van der Waals surface area (Å²) in [4.78, 5) is 18.2. The lowest BCUT2D eigenvalue weighted by Crippen LogP contribution is -2.17. The first-order chi connectivity index (χ1) is 16.1. The van der Waals surface area contributed by atoms with Crippen molar-refractivity contribution in [2.45, 2.75) is 0 Å². The quantitative estimate of drug-likeness (QED) is 0.407. The molecular formula is C26H10N6O. The second-order valence-corrected chi connectivity index (χ2v) is 7.31. The first kappa shape index (κ1) is 19.5. The average Bonchev–Trinajstić information content (AvgIpc) is 3.18. The number of hydrogen-bond acceptors (Lipinski definition) is 6. The largest absolute Gasteiger partial charge is 0.268 e. The molecule has 0 unspecified atom stereocenters. The molecule has 0 fully saturated rings. The predicted molar refractivity (Wildman–Crippen MR) is 121 cm³/mol. The molecule has 7 nitrogen and oxygen atoms in total. The molecule has 0 bridgehead atoms. The van der Waals surface area contributed by atoms with Crippen molar-refractivity contribution < 1.29 is 0 Å². The molecule has 0 radical (unpaired) electrons. The van der Waals surface area contributed by atoms with E-state index in [0.717, 1.165) is 11.1 Å². The van der Waals surface area contributed by atoms with E-state index in [0.29, 0.717) is 32.9 Å². The molecule has 0 aliphatic carbocycles. The van der Waals surface area contributed by atoms with Gasteiger partial charge in [-0.2, -0.15) is 21.0 Å². The molecule has 0 spiro atoms. The Hall–Kier alpha value is -5.50. The van der Waals surface area contributed by atoms with E-state index in [4.69, 9.17) is 5.26 Å². The Morgan fingerprint density at radius 2 is 1.42 bits per heavy atom. The minimum Gasteiger partial charge on any atom is -0.268 e. The smallest absolute Gasteiger partial charge is 0.266 e. The molecule has 0 saturated carbocycles. The molecule has 0 amide bonds. The summed E-state index contributed by atoms with van der Waals surface area (Å²) in [5.41, 5.74) is 3.07. The van der Waals surface area contributed by atoms with E-state index in [-0.39, 0.29) is 22.0 Å². The molecule has 0 aliphatic heterocycles. The van der Waals surface area contributed by atoms with Crippen LogP contribution in [0, 0.1) is 45.3 Å². The summed E-state index contributed by atoms with van der Waals surface area (Å²) in [6, 6.07) is 24.9. The molecule has 33 heavy (non-hydrogen) atoms. The molecule has 2 heterocycles. The summed E-state index contributed by atoms with van der Waals surface area (Å²) in [6.07, 6.45) is 0. The maximum atomic E-state index is 13.6. The van der Waals surface area contributed by atoms with Crippen LogP contribution in [0.5, 0.6) is 0 Å². The van der Waals surface area contributed by atoms with E-state index in [9.17, 15) is 20.6 Å². The first-order valence-corrected chi connectivity index (χ1v) is 9.76. The highest BCUT2D eigenvalue weighted by molar-refractivity contribution is 5.96. The highest BCUT2D eigenvalue weighted by Crippen LogP contribution is 2.24. The van der Waals surface area contributed by atoms with Crippen LogP contribution in [0.2, 0.25) is 0 Å². The Morgan fingerprint density at radius 1 is 0.758 bits per heavy atom. The summed E-state index contributed by atoms with van der Waals surface area (Å²) in [6.45, 7) is 0.